The number of rotatable bonds is 6. The fourth-order valence-corrected chi connectivity index (χ4v) is 3.09. The van der Waals surface area contributed by atoms with Gasteiger partial charge in [-0.15, -0.1) is 0 Å². The number of carbonyl (C=O) groups is 1. The molecule has 1 aliphatic rings. The minimum absolute atomic E-state index is 0.0639. The molecule has 2 aromatic rings. The fraction of sp³-hybridized carbons (Fsp3) is 0.450. The highest BCUT2D eigenvalue weighted by Gasteiger charge is 2.18. The zero-order valence-corrected chi connectivity index (χ0v) is 16.2. The molecule has 0 atom stereocenters. The number of aryl methyl sites for hydroxylation is 1. The van der Waals surface area contributed by atoms with Crippen LogP contribution in [0.15, 0.2) is 30.5 Å². The van der Waals surface area contributed by atoms with E-state index in [-0.39, 0.29) is 12.5 Å². The maximum Gasteiger partial charge on any atom is 0.262 e. The summed E-state index contributed by atoms with van der Waals surface area (Å²) < 4.78 is 5.62. The van der Waals surface area contributed by atoms with Gasteiger partial charge in [-0.1, -0.05) is 18.2 Å². The zero-order chi connectivity index (χ0) is 19.2. The Morgan fingerprint density at radius 3 is 2.67 bits per heavy atom. The lowest BCUT2D eigenvalue weighted by molar-refractivity contribution is -0.118. The molecule has 144 valence electrons. The van der Waals surface area contributed by atoms with Crippen molar-refractivity contribution >= 4 is 23.4 Å². The number of amides is 1. The van der Waals surface area contributed by atoms with Crippen LogP contribution >= 0.6 is 0 Å². The van der Waals surface area contributed by atoms with Crippen LogP contribution in [0.5, 0.6) is 5.75 Å². The lowest BCUT2D eigenvalue weighted by atomic mass is 10.1. The molecule has 27 heavy (non-hydrogen) atoms. The maximum atomic E-state index is 12.3. The van der Waals surface area contributed by atoms with E-state index in [1.54, 1.807) is 6.20 Å². The number of nitrogens with zero attached hydrogens (tertiary/aromatic N) is 4. The van der Waals surface area contributed by atoms with Crippen molar-refractivity contribution in [1.82, 2.24) is 9.97 Å². The summed E-state index contributed by atoms with van der Waals surface area (Å²) in [5.41, 5.74) is 1.58. The summed E-state index contributed by atoms with van der Waals surface area (Å²) in [5.74, 6) is 1.87. The van der Waals surface area contributed by atoms with Gasteiger partial charge in [-0.05, 0) is 37.8 Å². The van der Waals surface area contributed by atoms with Crippen molar-refractivity contribution in [2.75, 3.05) is 48.9 Å². The molecule has 1 saturated heterocycles. The fourth-order valence-electron chi connectivity index (χ4n) is 3.09. The van der Waals surface area contributed by atoms with E-state index in [2.05, 4.69) is 20.2 Å². The van der Waals surface area contributed by atoms with Crippen molar-refractivity contribution in [3.8, 4) is 5.75 Å². The smallest absolute Gasteiger partial charge is 0.262 e. The van der Waals surface area contributed by atoms with Gasteiger partial charge in [0, 0.05) is 27.2 Å². The average molecular weight is 369 g/mol. The van der Waals surface area contributed by atoms with E-state index in [1.807, 2.05) is 50.2 Å². The Bertz CT molecular complexity index is 788. The summed E-state index contributed by atoms with van der Waals surface area (Å²) >= 11 is 0. The third-order valence-electron chi connectivity index (χ3n) is 4.54. The lowest BCUT2D eigenvalue weighted by Crippen LogP contribution is -2.31. The van der Waals surface area contributed by atoms with Crippen LogP contribution < -0.4 is 19.9 Å². The average Bonchev–Trinajstić information content (AvgIpc) is 2.68. The van der Waals surface area contributed by atoms with Gasteiger partial charge in [-0.3, -0.25) is 4.79 Å². The summed E-state index contributed by atoms with van der Waals surface area (Å²) in [4.78, 5) is 25.5. The van der Waals surface area contributed by atoms with Crippen LogP contribution in [0.4, 0.5) is 17.5 Å². The number of aromatic nitrogens is 2. The van der Waals surface area contributed by atoms with Crippen molar-refractivity contribution in [1.29, 1.82) is 0 Å². The number of hydrogen-bond donors (Lipinski definition) is 1. The van der Waals surface area contributed by atoms with Gasteiger partial charge in [0.05, 0.1) is 6.20 Å². The molecule has 1 amide bonds. The Kier molecular flexibility index (Phi) is 6.11. The number of anilines is 3. The Morgan fingerprint density at radius 2 is 1.96 bits per heavy atom. The van der Waals surface area contributed by atoms with E-state index in [1.165, 1.54) is 6.42 Å². The van der Waals surface area contributed by atoms with E-state index in [9.17, 15) is 4.79 Å². The van der Waals surface area contributed by atoms with Crippen molar-refractivity contribution in [2.45, 2.75) is 26.2 Å². The van der Waals surface area contributed by atoms with Crippen LogP contribution in [0.2, 0.25) is 0 Å². The van der Waals surface area contributed by atoms with E-state index in [0.717, 1.165) is 31.5 Å². The Balaban J connectivity index is 1.67. The molecule has 0 unspecified atom stereocenters. The molecular formula is C20H27N5O2. The van der Waals surface area contributed by atoms with Gasteiger partial charge >= 0.3 is 0 Å². The van der Waals surface area contributed by atoms with Crippen molar-refractivity contribution < 1.29 is 9.53 Å². The number of benzene rings is 1. The molecule has 3 rings (SSSR count). The Morgan fingerprint density at radius 1 is 1.22 bits per heavy atom. The van der Waals surface area contributed by atoms with E-state index in [0.29, 0.717) is 23.2 Å². The second-order valence-electron chi connectivity index (χ2n) is 6.95. The SMILES string of the molecule is Cc1ccccc1OCC(=O)Nc1cnc(N2CCCCC2)nc1N(C)C. The molecule has 7 heteroatoms. The van der Waals surface area contributed by atoms with Crippen molar-refractivity contribution in [2.24, 2.45) is 0 Å². The monoisotopic (exact) mass is 369 g/mol. The van der Waals surface area contributed by atoms with Crippen LogP contribution in [-0.4, -0.2) is 49.7 Å². The van der Waals surface area contributed by atoms with Crippen LogP contribution in [0.1, 0.15) is 24.8 Å². The Labute approximate surface area is 160 Å². The molecule has 7 nitrogen and oxygen atoms in total. The first kappa shape index (κ1) is 18.9. The molecule has 1 N–H and O–H groups in total. The molecule has 1 aromatic carbocycles. The summed E-state index contributed by atoms with van der Waals surface area (Å²) in [6.07, 6.45) is 5.26. The van der Waals surface area contributed by atoms with Crippen LogP contribution in [-0.2, 0) is 4.79 Å². The Hall–Kier alpha value is -2.83. The number of para-hydroxylation sites is 1. The second-order valence-corrected chi connectivity index (χ2v) is 6.95. The number of ether oxygens (including phenoxy) is 1. The topological polar surface area (TPSA) is 70.6 Å². The minimum Gasteiger partial charge on any atom is -0.483 e. The van der Waals surface area contributed by atoms with Crippen LogP contribution in [0.25, 0.3) is 0 Å². The maximum absolute atomic E-state index is 12.3. The highest BCUT2D eigenvalue weighted by atomic mass is 16.5. The van der Waals surface area contributed by atoms with Gasteiger partial charge in [0.1, 0.15) is 11.4 Å². The molecule has 1 aliphatic heterocycles. The number of piperidine rings is 1. The number of carbonyl (C=O) groups excluding carboxylic acids is 1. The molecule has 0 aliphatic carbocycles. The largest absolute Gasteiger partial charge is 0.483 e. The van der Waals surface area contributed by atoms with Crippen LogP contribution in [0, 0.1) is 6.92 Å². The van der Waals surface area contributed by atoms with Gasteiger partial charge in [0.15, 0.2) is 12.4 Å². The van der Waals surface area contributed by atoms with Gasteiger partial charge in [-0.2, -0.15) is 4.98 Å². The summed E-state index contributed by atoms with van der Waals surface area (Å²) in [6.45, 7) is 3.84. The van der Waals surface area contributed by atoms with E-state index < -0.39 is 0 Å². The summed E-state index contributed by atoms with van der Waals surface area (Å²) in [5, 5.41) is 2.86. The molecule has 0 radical (unpaired) electrons. The third kappa shape index (κ3) is 4.87. The predicted octanol–water partition coefficient (Wildman–Crippen LogP) is 2.86. The highest BCUT2D eigenvalue weighted by Crippen LogP contribution is 2.25. The molecule has 1 fully saturated rings. The minimum atomic E-state index is -0.240. The molecule has 1 aromatic heterocycles. The first-order valence-corrected chi connectivity index (χ1v) is 9.32. The van der Waals surface area contributed by atoms with Gasteiger partial charge in [0.2, 0.25) is 5.95 Å². The molecular weight excluding hydrogens is 342 g/mol. The van der Waals surface area contributed by atoms with Crippen molar-refractivity contribution in [3.05, 3.63) is 36.0 Å². The first-order chi connectivity index (χ1) is 13.0. The van der Waals surface area contributed by atoms with Gasteiger partial charge < -0.3 is 19.9 Å². The van der Waals surface area contributed by atoms with Crippen LogP contribution in [0.3, 0.4) is 0 Å². The van der Waals surface area contributed by atoms with Gasteiger partial charge in [-0.25, -0.2) is 4.98 Å². The lowest BCUT2D eigenvalue weighted by Gasteiger charge is -2.28. The number of nitrogens with one attached hydrogen (secondary N) is 1. The normalized spacial score (nSPS) is 14.0. The van der Waals surface area contributed by atoms with Gasteiger partial charge in [0.25, 0.3) is 5.91 Å². The predicted molar refractivity (Wildman–Crippen MR) is 108 cm³/mol. The van der Waals surface area contributed by atoms with Crippen molar-refractivity contribution in [3.63, 3.8) is 0 Å². The quantitative estimate of drug-likeness (QED) is 0.844. The summed E-state index contributed by atoms with van der Waals surface area (Å²) in [7, 11) is 3.81. The highest BCUT2D eigenvalue weighted by molar-refractivity contribution is 5.94. The molecule has 0 bridgehead atoms. The third-order valence-corrected chi connectivity index (χ3v) is 4.54. The first-order valence-electron chi connectivity index (χ1n) is 9.32. The second kappa shape index (κ2) is 8.70. The molecule has 2 heterocycles. The molecule has 0 saturated carbocycles. The number of hydrogen-bond acceptors (Lipinski definition) is 6. The summed E-state index contributed by atoms with van der Waals surface area (Å²) in [6, 6.07) is 7.62. The van der Waals surface area contributed by atoms with E-state index >= 15 is 0 Å². The zero-order valence-electron chi connectivity index (χ0n) is 16.2. The van der Waals surface area contributed by atoms with E-state index in [4.69, 9.17) is 4.74 Å². The standard InChI is InChI=1S/C20H27N5O2/c1-15-9-5-6-10-17(15)27-14-18(26)22-16-13-21-20(23-19(16)24(2)3)25-11-7-4-8-12-25/h5-6,9-10,13H,4,7-8,11-12,14H2,1-3H3,(H,22,26). The molecule has 0 spiro atoms.